The van der Waals surface area contributed by atoms with Gasteiger partial charge in [0.05, 0.1) is 25.4 Å². The van der Waals surface area contributed by atoms with E-state index >= 15 is 0 Å². The van der Waals surface area contributed by atoms with Crippen LogP contribution in [-0.2, 0) is 19.1 Å². The number of hydrogen-bond donors (Lipinski definition) is 2. The molecule has 2 aliphatic heterocycles. The van der Waals surface area contributed by atoms with Gasteiger partial charge in [0.1, 0.15) is 5.92 Å². The maximum absolute atomic E-state index is 13.6. The number of carbonyl (C=O) groups excluding carboxylic acids is 3. The maximum atomic E-state index is 13.6. The summed E-state index contributed by atoms with van der Waals surface area (Å²) >= 11 is 0. The number of morpholine rings is 1. The van der Waals surface area contributed by atoms with Crippen LogP contribution in [0.4, 0.5) is 0 Å². The Morgan fingerprint density at radius 1 is 1.00 bits per heavy atom. The Balaban J connectivity index is 1.41. The molecule has 2 heterocycles. The standard InChI is InChI=1S/C26H36N4O5/c31-15-12-29-10-8-28(9-11-29)7-6-27-19-22-23(32)18-21(20-4-2-1-3-5-20)24(25(22)33)26(34)30-13-16-35-17-14-30/h1-5,19,21,24,27,31H,6-18H2/b22-19+. The lowest BCUT2D eigenvalue weighted by atomic mass is 9.71. The molecular formula is C26H36N4O5. The third kappa shape index (κ3) is 6.35. The van der Waals surface area contributed by atoms with Crippen molar-refractivity contribution in [3.05, 3.63) is 47.7 Å². The average Bonchev–Trinajstić information content (AvgIpc) is 2.89. The van der Waals surface area contributed by atoms with Gasteiger partial charge < -0.3 is 20.1 Å². The second-order valence-electron chi connectivity index (χ2n) is 9.34. The van der Waals surface area contributed by atoms with E-state index in [1.54, 1.807) is 4.90 Å². The van der Waals surface area contributed by atoms with Crippen LogP contribution >= 0.6 is 0 Å². The zero-order valence-electron chi connectivity index (χ0n) is 20.2. The van der Waals surface area contributed by atoms with Gasteiger partial charge in [-0.3, -0.25) is 24.2 Å². The van der Waals surface area contributed by atoms with Crippen molar-refractivity contribution in [2.45, 2.75) is 12.3 Å². The molecule has 0 spiro atoms. The lowest BCUT2D eigenvalue weighted by Crippen LogP contribution is -2.50. The van der Waals surface area contributed by atoms with Gasteiger partial charge in [0, 0.05) is 77.4 Å². The summed E-state index contributed by atoms with van der Waals surface area (Å²) in [6.07, 6.45) is 1.66. The number of nitrogens with zero attached hydrogens (tertiary/aromatic N) is 3. The topological polar surface area (TPSA) is 102 Å². The Hall–Kier alpha value is -2.59. The summed E-state index contributed by atoms with van der Waals surface area (Å²) in [6.45, 7) is 7.80. The van der Waals surface area contributed by atoms with E-state index in [9.17, 15) is 14.4 Å². The van der Waals surface area contributed by atoms with Crippen molar-refractivity contribution in [1.82, 2.24) is 20.0 Å². The molecule has 2 atom stereocenters. The molecule has 1 amide bonds. The monoisotopic (exact) mass is 484 g/mol. The highest BCUT2D eigenvalue weighted by Crippen LogP contribution is 2.37. The lowest BCUT2D eigenvalue weighted by molar-refractivity contribution is -0.146. The predicted octanol–water partition coefficient (Wildman–Crippen LogP) is -0.129. The number of ether oxygens (including phenoxy) is 1. The van der Waals surface area contributed by atoms with Gasteiger partial charge in [-0.25, -0.2) is 0 Å². The minimum Gasteiger partial charge on any atom is -0.395 e. The molecule has 3 fully saturated rings. The van der Waals surface area contributed by atoms with Crippen molar-refractivity contribution in [2.75, 3.05) is 78.7 Å². The molecule has 1 aliphatic carbocycles. The predicted molar refractivity (Wildman–Crippen MR) is 131 cm³/mol. The number of carbonyl (C=O) groups is 3. The van der Waals surface area contributed by atoms with E-state index in [2.05, 4.69) is 15.1 Å². The van der Waals surface area contributed by atoms with Crippen LogP contribution in [0.3, 0.4) is 0 Å². The number of ketones is 2. The van der Waals surface area contributed by atoms with E-state index in [4.69, 9.17) is 9.84 Å². The van der Waals surface area contributed by atoms with E-state index in [0.29, 0.717) is 39.4 Å². The first-order valence-corrected chi connectivity index (χ1v) is 12.6. The van der Waals surface area contributed by atoms with Gasteiger partial charge in [-0.1, -0.05) is 30.3 Å². The molecule has 2 saturated heterocycles. The number of hydrogen-bond acceptors (Lipinski definition) is 8. The number of piperazine rings is 1. The molecule has 1 saturated carbocycles. The number of nitrogens with one attached hydrogen (secondary N) is 1. The van der Waals surface area contributed by atoms with Gasteiger partial charge in [0.2, 0.25) is 5.91 Å². The minimum absolute atomic E-state index is 0.0940. The number of Topliss-reactive ketones (excluding diaryl/α,β-unsaturated/α-hetero) is 2. The van der Waals surface area contributed by atoms with Crippen molar-refractivity contribution >= 4 is 17.5 Å². The third-order valence-electron chi connectivity index (χ3n) is 7.17. The zero-order chi connectivity index (χ0) is 24.6. The Kier molecular flexibility index (Phi) is 9.03. The Bertz CT molecular complexity index is 908. The highest BCUT2D eigenvalue weighted by Gasteiger charge is 2.46. The molecule has 2 unspecified atom stereocenters. The lowest BCUT2D eigenvalue weighted by Gasteiger charge is -2.36. The van der Waals surface area contributed by atoms with Crippen LogP contribution in [0.25, 0.3) is 0 Å². The van der Waals surface area contributed by atoms with Crippen LogP contribution < -0.4 is 5.32 Å². The highest BCUT2D eigenvalue weighted by molar-refractivity contribution is 6.27. The first-order valence-electron chi connectivity index (χ1n) is 12.6. The number of allylic oxidation sites excluding steroid dienone is 1. The molecule has 1 aromatic rings. The quantitative estimate of drug-likeness (QED) is 0.228. The fourth-order valence-corrected chi connectivity index (χ4v) is 5.12. The van der Waals surface area contributed by atoms with Crippen LogP contribution in [0.1, 0.15) is 17.9 Å². The van der Waals surface area contributed by atoms with Crippen LogP contribution in [0.5, 0.6) is 0 Å². The molecule has 9 heteroatoms. The van der Waals surface area contributed by atoms with Crippen molar-refractivity contribution in [3.63, 3.8) is 0 Å². The van der Waals surface area contributed by atoms with E-state index in [-0.39, 0.29) is 30.3 Å². The van der Waals surface area contributed by atoms with Gasteiger partial charge in [-0.05, 0) is 5.56 Å². The van der Waals surface area contributed by atoms with Gasteiger partial charge in [-0.2, -0.15) is 0 Å². The molecule has 0 radical (unpaired) electrons. The second kappa shape index (κ2) is 12.4. The Morgan fingerprint density at radius 3 is 2.31 bits per heavy atom. The summed E-state index contributed by atoms with van der Waals surface area (Å²) < 4.78 is 5.38. The zero-order valence-corrected chi connectivity index (χ0v) is 20.2. The molecular weight excluding hydrogens is 448 g/mol. The highest BCUT2D eigenvalue weighted by atomic mass is 16.5. The SMILES string of the molecule is O=C1CC(c2ccccc2)C(C(=O)N2CCOCC2)C(=O)/C1=C/NCCN1CCN(CCO)CC1. The Labute approximate surface area is 206 Å². The van der Waals surface area contributed by atoms with Gasteiger partial charge in [0.25, 0.3) is 0 Å². The molecule has 0 aromatic heterocycles. The van der Waals surface area contributed by atoms with Crippen molar-refractivity contribution in [1.29, 1.82) is 0 Å². The van der Waals surface area contributed by atoms with Gasteiger partial charge >= 0.3 is 0 Å². The number of rotatable bonds is 8. The van der Waals surface area contributed by atoms with Crippen LogP contribution in [0.15, 0.2) is 42.1 Å². The molecule has 3 aliphatic rings. The van der Waals surface area contributed by atoms with Gasteiger partial charge in [-0.15, -0.1) is 0 Å². The largest absolute Gasteiger partial charge is 0.395 e. The van der Waals surface area contributed by atoms with Crippen LogP contribution in [0.2, 0.25) is 0 Å². The molecule has 4 rings (SSSR count). The first kappa shape index (κ1) is 25.5. The van der Waals surface area contributed by atoms with Crippen molar-refractivity contribution in [2.24, 2.45) is 5.92 Å². The van der Waals surface area contributed by atoms with Crippen molar-refractivity contribution < 1.29 is 24.2 Å². The number of aliphatic hydroxyl groups is 1. The summed E-state index contributed by atoms with van der Waals surface area (Å²) in [5.41, 5.74) is 0.935. The second-order valence-corrected chi connectivity index (χ2v) is 9.34. The smallest absolute Gasteiger partial charge is 0.234 e. The summed E-state index contributed by atoms with van der Waals surface area (Å²) in [4.78, 5) is 46.3. The summed E-state index contributed by atoms with van der Waals surface area (Å²) in [5, 5.41) is 12.2. The third-order valence-corrected chi connectivity index (χ3v) is 7.17. The number of benzene rings is 1. The van der Waals surface area contributed by atoms with E-state index < -0.39 is 17.6 Å². The molecule has 9 nitrogen and oxygen atoms in total. The fourth-order valence-electron chi connectivity index (χ4n) is 5.12. The Morgan fingerprint density at radius 2 is 1.66 bits per heavy atom. The maximum Gasteiger partial charge on any atom is 0.234 e. The number of β-amino-alcohol motifs (C(OH)–C–C–N with tert-alkyl or cyclic N) is 1. The molecule has 1 aromatic carbocycles. The van der Waals surface area contributed by atoms with E-state index in [0.717, 1.165) is 38.3 Å². The minimum atomic E-state index is -0.902. The normalized spacial score (nSPS) is 25.7. The van der Waals surface area contributed by atoms with Crippen LogP contribution in [0, 0.1) is 5.92 Å². The molecule has 190 valence electrons. The van der Waals surface area contributed by atoms with Gasteiger partial charge in [0.15, 0.2) is 11.6 Å². The fraction of sp³-hybridized carbons (Fsp3) is 0.577. The first-order chi connectivity index (χ1) is 17.1. The van der Waals surface area contributed by atoms with Crippen molar-refractivity contribution in [3.8, 4) is 0 Å². The summed E-state index contributed by atoms with van der Waals surface area (Å²) in [5.74, 6) is -2.19. The summed E-state index contributed by atoms with van der Waals surface area (Å²) in [6, 6.07) is 9.40. The number of aliphatic hydroxyl groups excluding tert-OH is 1. The average molecular weight is 485 g/mol. The molecule has 35 heavy (non-hydrogen) atoms. The number of amides is 1. The van der Waals surface area contributed by atoms with E-state index in [1.807, 2.05) is 30.3 Å². The molecule has 2 N–H and O–H groups in total. The molecule has 0 bridgehead atoms. The van der Waals surface area contributed by atoms with Crippen LogP contribution in [-0.4, -0.2) is 116 Å². The van der Waals surface area contributed by atoms with E-state index in [1.165, 1.54) is 6.20 Å². The summed E-state index contributed by atoms with van der Waals surface area (Å²) in [7, 11) is 0.